The largest absolute Gasteiger partial charge is 0.477 e. The van der Waals surface area contributed by atoms with E-state index in [0.29, 0.717) is 23.4 Å². The number of nitrogens with one attached hydrogen (secondary N) is 1. The molecule has 1 atom stereocenters. The van der Waals surface area contributed by atoms with Gasteiger partial charge in [-0.3, -0.25) is 0 Å². The van der Waals surface area contributed by atoms with Gasteiger partial charge in [0.2, 0.25) is 5.88 Å². The Kier molecular flexibility index (Phi) is 6.30. The number of nitrogens with zero attached hydrogens (tertiary/aromatic N) is 1. The van der Waals surface area contributed by atoms with E-state index in [4.69, 9.17) is 16.3 Å². The number of hydrogen-bond donors (Lipinski definition) is 1. The van der Waals surface area contributed by atoms with E-state index in [0.717, 1.165) is 12.1 Å². The van der Waals surface area contributed by atoms with Crippen LogP contribution < -0.4 is 10.1 Å². The van der Waals surface area contributed by atoms with Gasteiger partial charge in [0.15, 0.2) is 0 Å². The van der Waals surface area contributed by atoms with Crippen LogP contribution >= 0.6 is 11.6 Å². The van der Waals surface area contributed by atoms with Gasteiger partial charge >= 0.3 is 0 Å². The summed E-state index contributed by atoms with van der Waals surface area (Å²) in [7, 11) is 1.89. The zero-order valence-corrected chi connectivity index (χ0v) is 11.5. The maximum Gasteiger partial charge on any atom is 0.213 e. The molecular weight excluding hydrogens is 236 g/mol. The molecule has 0 radical (unpaired) electrons. The summed E-state index contributed by atoms with van der Waals surface area (Å²) in [5.74, 6) is 1.22. The van der Waals surface area contributed by atoms with Crippen LogP contribution in [0.25, 0.3) is 0 Å². The van der Waals surface area contributed by atoms with Crippen molar-refractivity contribution in [2.45, 2.75) is 33.2 Å². The normalized spacial score (nSPS) is 12.5. The van der Waals surface area contributed by atoms with Crippen molar-refractivity contribution in [3.63, 3.8) is 0 Å². The van der Waals surface area contributed by atoms with Crippen LogP contribution in [-0.4, -0.2) is 18.6 Å². The van der Waals surface area contributed by atoms with Gasteiger partial charge in [-0.05, 0) is 24.9 Å². The lowest BCUT2D eigenvalue weighted by Gasteiger charge is -2.12. The zero-order valence-electron chi connectivity index (χ0n) is 10.8. The van der Waals surface area contributed by atoms with Crippen LogP contribution in [-0.2, 0) is 6.54 Å². The Morgan fingerprint density at radius 1 is 1.53 bits per heavy atom. The first-order chi connectivity index (χ1) is 8.17. The molecule has 17 heavy (non-hydrogen) atoms. The average molecular weight is 257 g/mol. The Morgan fingerprint density at radius 3 is 2.94 bits per heavy atom. The maximum absolute atomic E-state index is 6.03. The molecule has 0 bridgehead atoms. The third-order valence-electron chi connectivity index (χ3n) is 2.57. The minimum atomic E-state index is 0.560. The third kappa shape index (κ3) is 4.92. The molecule has 0 fully saturated rings. The number of ether oxygens (including phenoxy) is 1. The molecular formula is C13H21ClN2O. The second kappa shape index (κ2) is 7.51. The molecule has 0 spiro atoms. The van der Waals surface area contributed by atoms with Gasteiger partial charge in [-0.25, -0.2) is 4.98 Å². The van der Waals surface area contributed by atoms with Gasteiger partial charge in [0, 0.05) is 18.8 Å². The Labute approximate surface area is 109 Å². The van der Waals surface area contributed by atoms with Crippen molar-refractivity contribution in [2.75, 3.05) is 13.7 Å². The predicted molar refractivity (Wildman–Crippen MR) is 71.6 cm³/mol. The van der Waals surface area contributed by atoms with Crippen LogP contribution in [0, 0.1) is 5.92 Å². The van der Waals surface area contributed by atoms with Crippen LogP contribution in [0.1, 0.15) is 32.3 Å². The lowest BCUT2D eigenvalue weighted by molar-refractivity contribution is 0.243. The Morgan fingerprint density at radius 2 is 2.29 bits per heavy atom. The van der Waals surface area contributed by atoms with E-state index in [1.807, 2.05) is 13.1 Å². The molecule has 1 aromatic rings. The minimum absolute atomic E-state index is 0.560. The Bertz CT molecular complexity index is 344. The fourth-order valence-electron chi connectivity index (χ4n) is 1.67. The maximum atomic E-state index is 6.03. The number of aromatic nitrogens is 1. The van der Waals surface area contributed by atoms with Crippen molar-refractivity contribution in [3.05, 3.63) is 22.8 Å². The van der Waals surface area contributed by atoms with E-state index in [1.165, 1.54) is 12.8 Å². The monoisotopic (exact) mass is 256 g/mol. The summed E-state index contributed by atoms with van der Waals surface area (Å²) < 4.78 is 5.66. The van der Waals surface area contributed by atoms with Crippen molar-refractivity contribution in [3.8, 4) is 5.88 Å². The van der Waals surface area contributed by atoms with Crippen LogP contribution in [0.5, 0.6) is 5.88 Å². The van der Waals surface area contributed by atoms with Crippen molar-refractivity contribution in [1.82, 2.24) is 10.3 Å². The summed E-state index contributed by atoms with van der Waals surface area (Å²) in [6, 6.07) is 1.90. The summed E-state index contributed by atoms with van der Waals surface area (Å²) in [5.41, 5.74) is 1.02. The number of pyridine rings is 1. The lowest BCUT2D eigenvalue weighted by Crippen LogP contribution is -2.10. The van der Waals surface area contributed by atoms with Gasteiger partial charge in [0.05, 0.1) is 11.6 Å². The molecule has 0 aromatic carbocycles. The molecule has 0 aliphatic rings. The van der Waals surface area contributed by atoms with Gasteiger partial charge in [-0.2, -0.15) is 0 Å². The highest BCUT2D eigenvalue weighted by Crippen LogP contribution is 2.19. The highest BCUT2D eigenvalue weighted by molar-refractivity contribution is 6.31. The van der Waals surface area contributed by atoms with E-state index < -0.39 is 0 Å². The summed E-state index contributed by atoms with van der Waals surface area (Å²) in [6.45, 7) is 5.81. The first-order valence-electron chi connectivity index (χ1n) is 6.09. The second-order valence-corrected chi connectivity index (χ2v) is 4.76. The summed E-state index contributed by atoms with van der Waals surface area (Å²) in [6.07, 6.45) is 4.01. The molecule has 0 amide bonds. The zero-order chi connectivity index (χ0) is 12.7. The molecule has 3 nitrogen and oxygen atoms in total. The lowest BCUT2D eigenvalue weighted by atomic mass is 10.1. The van der Waals surface area contributed by atoms with E-state index in [1.54, 1.807) is 6.20 Å². The molecule has 1 N–H and O–H groups in total. The average Bonchev–Trinajstić information content (AvgIpc) is 2.31. The van der Waals surface area contributed by atoms with Crippen molar-refractivity contribution < 1.29 is 4.74 Å². The van der Waals surface area contributed by atoms with Crippen LogP contribution in [0.15, 0.2) is 12.3 Å². The fraction of sp³-hybridized carbons (Fsp3) is 0.615. The van der Waals surface area contributed by atoms with E-state index in [-0.39, 0.29) is 0 Å². The summed E-state index contributed by atoms with van der Waals surface area (Å²) in [5, 5.41) is 3.74. The highest BCUT2D eigenvalue weighted by Gasteiger charge is 2.06. The molecule has 1 heterocycles. The van der Waals surface area contributed by atoms with Gasteiger partial charge in [-0.15, -0.1) is 0 Å². The highest BCUT2D eigenvalue weighted by atomic mass is 35.5. The Hall–Kier alpha value is -0.800. The van der Waals surface area contributed by atoms with Gasteiger partial charge < -0.3 is 10.1 Å². The standard InChI is InChI=1S/C13H21ClN2O/c1-4-5-10(2)9-17-13-6-11(7-15-3)12(14)8-16-13/h6,8,10,15H,4-5,7,9H2,1-3H3. The van der Waals surface area contributed by atoms with E-state index in [2.05, 4.69) is 24.1 Å². The predicted octanol–water partition coefficient (Wildman–Crippen LogP) is 3.27. The molecule has 0 saturated heterocycles. The Balaban J connectivity index is 2.56. The third-order valence-corrected chi connectivity index (χ3v) is 2.91. The smallest absolute Gasteiger partial charge is 0.213 e. The van der Waals surface area contributed by atoms with E-state index >= 15 is 0 Å². The van der Waals surface area contributed by atoms with Crippen LogP contribution in [0.2, 0.25) is 5.02 Å². The van der Waals surface area contributed by atoms with E-state index in [9.17, 15) is 0 Å². The second-order valence-electron chi connectivity index (χ2n) is 4.35. The van der Waals surface area contributed by atoms with Gasteiger partial charge in [0.25, 0.3) is 0 Å². The topological polar surface area (TPSA) is 34.1 Å². The summed E-state index contributed by atoms with van der Waals surface area (Å²) >= 11 is 6.03. The fourth-order valence-corrected chi connectivity index (χ4v) is 1.84. The quantitative estimate of drug-likeness (QED) is 0.813. The number of halogens is 1. The van der Waals surface area contributed by atoms with Crippen molar-refractivity contribution in [2.24, 2.45) is 5.92 Å². The SMILES string of the molecule is CCCC(C)COc1cc(CNC)c(Cl)cn1. The van der Waals surface area contributed by atoms with Crippen molar-refractivity contribution in [1.29, 1.82) is 0 Å². The van der Waals surface area contributed by atoms with Gasteiger partial charge in [-0.1, -0.05) is 31.9 Å². The first kappa shape index (κ1) is 14.3. The molecule has 0 saturated carbocycles. The number of hydrogen-bond acceptors (Lipinski definition) is 3. The molecule has 96 valence electrons. The van der Waals surface area contributed by atoms with Crippen LogP contribution in [0.3, 0.4) is 0 Å². The first-order valence-corrected chi connectivity index (χ1v) is 6.47. The van der Waals surface area contributed by atoms with Crippen LogP contribution in [0.4, 0.5) is 0 Å². The minimum Gasteiger partial charge on any atom is -0.477 e. The molecule has 0 aliphatic carbocycles. The molecule has 4 heteroatoms. The molecule has 1 rings (SSSR count). The molecule has 0 aliphatic heterocycles. The van der Waals surface area contributed by atoms with Gasteiger partial charge in [0.1, 0.15) is 0 Å². The number of rotatable bonds is 7. The molecule has 1 aromatic heterocycles. The van der Waals surface area contributed by atoms with Crippen molar-refractivity contribution >= 4 is 11.6 Å². The summed E-state index contributed by atoms with van der Waals surface area (Å²) in [4.78, 5) is 4.17. The molecule has 1 unspecified atom stereocenters.